The minimum absolute atomic E-state index is 0.331. The predicted molar refractivity (Wildman–Crippen MR) is 70.8 cm³/mol. The quantitative estimate of drug-likeness (QED) is 0.872. The Labute approximate surface area is 105 Å². The summed E-state index contributed by atoms with van der Waals surface area (Å²) in [5.41, 5.74) is 0.414. The van der Waals surface area contributed by atoms with Crippen molar-refractivity contribution in [1.82, 2.24) is 14.9 Å². The zero-order valence-electron chi connectivity index (χ0n) is 11.5. The van der Waals surface area contributed by atoms with Crippen molar-refractivity contribution in [2.45, 2.75) is 58.5 Å². The van der Waals surface area contributed by atoms with Crippen molar-refractivity contribution in [3.8, 4) is 0 Å². The molecule has 1 aromatic heterocycles. The third kappa shape index (κ3) is 2.71. The molecule has 96 valence electrons. The van der Waals surface area contributed by atoms with Crippen LogP contribution in [-0.4, -0.2) is 15.6 Å². The monoisotopic (exact) mass is 235 g/mol. The van der Waals surface area contributed by atoms with Crippen LogP contribution in [0.4, 0.5) is 0 Å². The molecule has 17 heavy (non-hydrogen) atoms. The van der Waals surface area contributed by atoms with Gasteiger partial charge in [-0.3, -0.25) is 0 Å². The Morgan fingerprint density at radius 3 is 2.82 bits per heavy atom. The van der Waals surface area contributed by atoms with E-state index in [4.69, 9.17) is 0 Å². The lowest BCUT2D eigenvalue weighted by Gasteiger charge is -2.40. The van der Waals surface area contributed by atoms with Crippen LogP contribution in [0.1, 0.15) is 58.3 Å². The predicted octanol–water partition coefficient (Wildman–Crippen LogP) is 3.04. The van der Waals surface area contributed by atoms with Crippen LogP contribution in [0.25, 0.3) is 0 Å². The van der Waals surface area contributed by atoms with Crippen LogP contribution in [0.5, 0.6) is 0 Å². The van der Waals surface area contributed by atoms with Gasteiger partial charge in [0.05, 0.1) is 6.04 Å². The second kappa shape index (κ2) is 4.81. The topological polar surface area (TPSA) is 29.9 Å². The van der Waals surface area contributed by atoms with Gasteiger partial charge in [-0.05, 0) is 25.2 Å². The summed E-state index contributed by atoms with van der Waals surface area (Å²) in [6.45, 7) is 6.98. The first-order chi connectivity index (χ1) is 8.00. The van der Waals surface area contributed by atoms with Crippen LogP contribution < -0.4 is 5.32 Å². The van der Waals surface area contributed by atoms with Gasteiger partial charge in [0.25, 0.3) is 0 Å². The van der Waals surface area contributed by atoms with Crippen LogP contribution in [0.3, 0.4) is 0 Å². The Morgan fingerprint density at radius 1 is 1.47 bits per heavy atom. The number of hydrogen-bond donors (Lipinski definition) is 1. The Balaban J connectivity index is 2.03. The summed E-state index contributed by atoms with van der Waals surface area (Å²) in [6, 6.07) is 0.945. The second-order valence-electron chi connectivity index (χ2n) is 6.07. The molecule has 1 aliphatic rings. The maximum Gasteiger partial charge on any atom is 0.125 e. The number of aryl methyl sites for hydroxylation is 1. The number of rotatable bonds is 3. The molecule has 0 aromatic carbocycles. The molecule has 0 aliphatic heterocycles. The first-order valence-electron chi connectivity index (χ1n) is 6.74. The summed E-state index contributed by atoms with van der Waals surface area (Å²) in [7, 11) is 2.06. The Hall–Kier alpha value is -0.830. The maximum absolute atomic E-state index is 4.43. The largest absolute Gasteiger partial charge is 0.337 e. The molecule has 1 N–H and O–H groups in total. The Morgan fingerprint density at radius 2 is 2.24 bits per heavy atom. The third-order valence-corrected chi connectivity index (χ3v) is 4.20. The first kappa shape index (κ1) is 12.6. The van der Waals surface area contributed by atoms with Crippen molar-refractivity contribution in [2.24, 2.45) is 12.5 Å². The van der Waals surface area contributed by atoms with Crippen molar-refractivity contribution >= 4 is 0 Å². The highest BCUT2D eigenvalue weighted by Gasteiger charge is 2.33. The summed E-state index contributed by atoms with van der Waals surface area (Å²) < 4.78 is 2.10. The molecule has 1 fully saturated rings. The van der Waals surface area contributed by atoms with E-state index in [1.165, 1.54) is 25.7 Å². The van der Waals surface area contributed by atoms with Crippen LogP contribution in [0, 0.1) is 5.41 Å². The van der Waals surface area contributed by atoms with E-state index in [1.54, 1.807) is 0 Å². The molecule has 1 aromatic rings. The zero-order valence-corrected chi connectivity index (χ0v) is 11.5. The van der Waals surface area contributed by atoms with Crippen LogP contribution in [-0.2, 0) is 7.05 Å². The summed E-state index contributed by atoms with van der Waals surface area (Å²) in [6.07, 6.45) is 9.25. The molecule has 1 heterocycles. The van der Waals surface area contributed by atoms with E-state index in [1.807, 2.05) is 12.4 Å². The number of nitrogens with one attached hydrogen (secondary N) is 1. The highest BCUT2D eigenvalue weighted by Crippen LogP contribution is 2.36. The van der Waals surface area contributed by atoms with Gasteiger partial charge in [-0.2, -0.15) is 0 Å². The van der Waals surface area contributed by atoms with Gasteiger partial charge in [0, 0.05) is 25.5 Å². The average Bonchev–Trinajstić information content (AvgIpc) is 2.67. The van der Waals surface area contributed by atoms with Gasteiger partial charge in [0.1, 0.15) is 5.82 Å². The molecule has 1 saturated carbocycles. The molecular formula is C14H25N3. The molecule has 0 saturated heterocycles. The van der Waals surface area contributed by atoms with E-state index in [0.29, 0.717) is 17.5 Å². The van der Waals surface area contributed by atoms with Crippen molar-refractivity contribution in [2.75, 3.05) is 0 Å². The lowest BCUT2D eigenvalue weighted by Crippen LogP contribution is -2.45. The summed E-state index contributed by atoms with van der Waals surface area (Å²) in [4.78, 5) is 4.43. The van der Waals surface area contributed by atoms with E-state index >= 15 is 0 Å². The van der Waals surface area contributed by atoms with E-state index in [0.717, 1.165) is 5.82 Å². The van der Waals surface area contributed by atoms with Crippen molar-refractivity contribution in [3.63, 3.8) is 0 Å². The molecule has 2 rings (SSSR count). The van der Waals surface area contributed by atoms with Crippen LogP contribution >= 0.6 is 0 Å². The summed E-state index contributed by atoms with van der Waals surface area (Å²) in [5, 5.41) is 3.77. The molecule has 2 atom stereocenters. The van der Waals surface area contributed by atoms with E-state index in [-0.39, 0.29) is 0 Å². The summed E-state index contributed by atoms with van der Waals surface area (Å²) in [5.74, 6) is 1.13. The standard InChI is InChI=1S/C14H25N3/c1-11(13-15-9-10-17(13)4)16-12-7-5-6-8-14(12,2)3/h9-12,16H,5-8H2,1-4H3. The molecule has 3 heteroatoms. The molecule has 2 unspecified atom stereocenters. The van der Waals surface area contributed by atoms with E-state index in [2.05, 4.69) is 42.7 Å². The normalized spacial score (nSPS) is 25.8. The van der Waals surface area contributed by atoms with E-state index < -0.39 is 0 Å². The molecule has 0 amide bonds. The van der Waals surface area contributed by atoms with Crippen molar-refractivity contribution in [1.29, 1.82) is 0 Å². The Bertz CT molecular complexity index is 367. The minimum Gasteiger partial charge on any atom is -0.337 e. The molecular weight excluding hydrogens is 210 g/mol. The van der Waals surface area contributed by atoms with Gasteiger partial charge in [-0.25, -0.2) is 4.98 Å². The molecule has 0 radical (unpaired) electrons. The molecule has 0 spiro atoms. The minimum atomic E-state index is 0.331. The number of nitrogens with zero attached hydrogens (tertiary/aromatic N) is 2. The van der Waals surface area contributed by atoms with Crippen molar-refractivity contribution in [3.05, 3.63) is 18.2 Å². The fourth-order valence-electron chi connectivity index (χ4n) is 2.97. The number of hydrogen-bond acceptors (Lipinski definition) is 2. The maximum atomic E-state index is 4.43. The molecule has 3 nitrogen and oxygen atoms in total. The molecule has 0 bridgehead atoms. The average molecular weight is 235 g/mol. The lowest BCUT2D eigenvalue weighted by atomic mass is 9.73. The fourth-order valence-corrected chi connectivity index (χ4v) is 2.97. The third-order valence-electron chi connectivity index (χ3n) is 4.20. The van der Waals surface area contributed by atoms with Crippen molar-refractivity contribution < 1.29 is 0 Å². The van der Waals surface area contributed by atoms with Gasteiger partial charge in [-0.15, -0.1) is 0 Å². The SMILES string of the molecule is CC(NC1CCCCC1(C)C)c1nccn1C. The number of aromatic nitrogens is 2. The number of imidazole rings is 1. The molecule has 1 aliphatic carbocycles. The Kier molecular flexibility index (Phi) is 3.57. The van der Waals surface area contributed by atoms with Gasteiger partial charge < -0.3 is 9.88 Å². The highest BCUT2D eigenvalue weighted by molar-refractivity contribution is 4.99. The fraction of sp³-hybridized carbons (Fsp3) is 0.786. The van der Waals surface area contributed by atoms with Gasteiger partial charge >= 0.3 is 0 Å². The smallest absolute Gasteiger partial charge is 0.125 e. The van der Waals surface area contributed by atoms with Crippen LogP contribution in [0.2, 0.25) is 0 Å². The first-order valence-corrected chi connectivity index (χ1v) is 6.74. The highest BCUT2D eigenvalue weighted by atomic mass is 15.1. The summed E-state index contributed by atoms with van der Waals surface area (Å²) >= 11 is 0. The van der Waals surface area contributed by atoms with Gasteiger partial charge in [0.15, 0.2) is 0 Å². The lowest BCUT2D eigenvalue weighted by molar-refractivity contribution is 0.156. The second-order valence-corrected chi connectivity index (χ2v) is 6.07. The van der Waals surface area contributed by atoms with Crippen LogP contribution in [0.15, 0.2) is 12.4 Å². The van der Waals surface area contributed by atoms with E-state index in [9.17, 15) is 0 Å². The van der Waals surface area contributed by atoms with Gasteiger partial charge in [0.2, 0.25) is 0 Å². The zero-order chi connectivity index (χ0) is 12.5. The van der Waals surface area contributed by atoms with Gasteiger partial charge in [-0.1, -0.05) is 26.7 Å².